The van der Waals surface area contributed by atoms with Gasteiger partial charge in [-0.15, -0.1) is 0 Å². The lowest BCUT2D eigenvalue weighted by atomic mass is 9.84. The first kappa shape index (κ1) is 34.5. The Labute approximate surface area is 327 Å². The Morgan fingerprint density at radius 2 is 0.696 bits per heavy atom. The molecule has 9 rings (SSSR count). The van der Waals surface area contributed by atoms with Crippen molar-refractivity contribution < 1.29 is 0 Å². The summed E-state index contributed by atoms with van der Waals surface area (Å²) in [6.45, 7) is 4.07. The molecule has 266 valence electrons. The summed E-state index contributed by atoms with van der Waals surface area (Å²) in [6.07, 6.45) is 0. The van der Waals surface area contributed by atoms with Crippen molar-refractivity contribution in [3.8, 4) is 89.8 Å². The molecule has 0 aliphatic heterocycles. The molecule has 0 fully saturated rings. The molecule has 0 unspecified atom stereocenters. The van der Waals surface area contributed by atoms with Crippen LogP contribution in [0.25, 0.3) is 89.8 Å². The largest absolute Gasteiger partial charge is 0.258 e. The SMILES string of the molecule is Cc1ccc(-c2cccc(-c3nc(-c4ccccc4)nc(-c4ccc(-c5cc(-c6ccccc6)c(-c6ccccc6)c(-c6ccccc6)c5)cc4)n3)c2)c(C)n1. The lowest BCUT2D eigenvalue weighted by molar-refractivity contribution is 1.07. The first-order valence-electron chi connectivity index (χ1n) is 18.9. The van der Waals surface area contributed by atoms with Gasteiger partial charge in [0.1, 0.15) is 0 Å². The maximum atomic E-state index is 5.09. The van der Waals surface area contributed by atoms with Gasteiger partial charge in [-0.05, 0) is 88.2 Å². The zero-order valence-electron chi connectivity index (χ0n) is 31.3. The predicted octanol–water partition coefficient (Wildman–Crippen LogP) is 13.2. The normalized spacial score (nSPS) is 11.0. The molecule has 0 aliphatic rings. The highest BCUT2D eigenvalue weighted by atomic mass is 15.0. The Balaban J connectivity index is 1.16. The Morgan fingerprint density at radius 3 is 1.23 bits per heavy atom. The van der Waals surface area contributed by atoms with Crippen molar-refractivity contribution in [2.24, 2.45) is 0 Å². The molecule has 0 radical (unpaired) electrons. The number of rotatable bonds is 8. The molecule has 0 saturated heterocycles. The van der Waals surface area contributed by atoms with Crippen molar-refractivity contribution in [1.82, 2.24) is 19.9 Å². The number of benzene rings is 7. The van der Waals surface area contributed by atoms with Gasteiger partial charge >= 0.3 is 0 Å². The van der Waals surface area contributed by atoms with Crippen LogP contribution in [0.5, 0.6) is 0 Å². The van der Waals surface area contributed by atoms with Crippen LogP contribution in [0.1, 0.15) is 11.4 Å². The van der Waals surface area contributed by atoms with Gasteiger partial charge in [0.15, 0.2) is 17.5 Å². The summed E-state index contributed by atoms with van der Waals surface area (Å²) in [5, 5.41) is 0. The standard InChI is InChI=1S/C52H38N4/c1-35-26-31-46(36(2)53-35)43-24-15-25-44(32-43)52-55-50(41-22-13-6-14-23-41)54-51(56-52)42-29-27-37(28-30-42)45-33-47(38-16-7-3-8-17-38)49(40-20-11-5-12-21-40)48(34-45)39-18-9-4-10-19-39/h3-34H,1-2H3. The van der Waals surface area contributed by atoms with Gasteiger partial charge in [0.25, 0.3) is 0 Å². The summed E-state index contributed by atoms with van der Waals surface area (Å²) < 4.78 is 0. The van der Waals surface area contributed by atoms with E-state index in [4.69, 9.17) is 19.9 Å². The van der Waals surface area contributed by atoms with E-state index in [9.17, 15) is 0 Å². The Kier molecular flexibility index (Phi) is 9.36. The summed E-state index contributed by atoms with van der Waals surface area (Å²) in [4.78, 5) is 19.8. The Hall–Kier alpha value is -7.30. The second kappa shape index (κ2) is 15.2. The summed E-state index contributed by atoms with van der Waals surface area (Å²) in [5.74, 6) is 1.87. The van der Waals surface area contributed by atoms with Crippen LogP contribution in [0, 0.1) is 13.8 Å². The smallest absolute Gasteiger partial charge is 0.164 e. The van der Waals surface area contributed by atoms with E-state index in [-0.39, 0.29) is 0 Å². The molecule has 0 bridgehead atoms. The minimum Gasteiger partial charge on any atom is -0.258 e. The third-order valence-corrected chi connectivity index (χ3v) is 10.2. The second-order valence-corrected chi connectivity index (χ2v) is 14.0. The molecule has 56 heavy (non-hydrogen) atoms. The molecule has 0 amide bonds. The Bertz CT molecular complexity index is 2720. The van der Waals surface area contributed by atoms with Gasteiger partial charge < -0.3 is 0 Å². The van der Waals surface area contributed by atoms with E-state index in [1.807, 2.05) is 37.3 Å². The first-order chi connectivity index (χ1) is 27.6. The van der Waals surface area contributed by atoms with Crippen molar-refractivity contribution in [3.63, 3.8) is 0 Å². The number of aryl methyl sites for hydroxylation is 2. The van der Waals surface area contributed by atoms with E-state index in [0.29, 0.717) is 17.5 Å². The number of aromatic nitrogens is 4. The number of pyridine rings is 1. The zero-order valence-corrected chi connectivity index (χ0v) is 31.3. The average molecular weight is 719 g/mol. The van der Waals surface area contributed by atoms with Gasteiger partial charge in [0, 0.05) is 33.6 Å². The third-order valence-electron chi connectivity index (χ3n) is 10.2. The molecule has 9 aromatic rings. The Morgan fingerprint density at radius 1 is 0.268 bits per heavy atom. The van der Waals surface area contributed by atoms with Gasteiger partial charge in [0.2, 0.25) is 0 Å². The van der Waals surface area contributed by atoms with Gasteiger partial charge in [0.05, 0.1) is 0 Å². The van der Waals surface area contributed by atoms with Crippen LogP contribution in [-0.2, 0) is 0 Å². The summed E-state index contributed by atoms with van der Waals surface area (Å²) >= 11 is 0. The molecule has 4 nitrogen and oxygen atoms in total. The van der Waals surface area contributed by atoms with Gasteiger partial charge in [-0.3, -0.25) is 4.98 Å². The van der Waals surface area contributed by atoms with Crippen molar-refractivity contribution >= 4 is 0 Å². The van der Waals surface area contributed by atoms with Crippen molar-refractivity contribution in [2.45, 2.75) is 13.8 Å². The fourth-order valence-electron chi connectivity index (χ4n) is 7.40. The first-order valence-corrected chi connectivity index (χ1v) is 18.9. The van der Waals surface area contributed by atoms with Crippen LogP contribution in [0.15, 0.2) is 194 Å². The average Bonchev–Trinajstić information content (AvgIpc) is 3.27. The molecule has 2 heterocycles. The molecule has 2 aromatic heterocycles. The van der Waals surface area contributed by atoms with Crippen LogP contribution < -0.4 is 0 Å². The molecule has 0 N–H and O–H groups in total. The van der Waals surface area contributed by atoms with Gasteiger partial charge in [-0.2, -0.15) is 0 Å². The van der Waals surface area contributed by atoms with E-state index < -0.39 is 0 Å². The third kappa shape index (κ3) is 7.04. The summed E-state index contributed by atoms with van der Waals surface area (Å²) in [7, 11) is 0. The van der Waals surface area contributed by atoms with Crippen LogP contribution >= 0.6 is 0 Å². The van der Waals surface area contributed by atoms with Gasteiger partial charge in [-0.1, -0.05) is 170 Å². The molecular weight excluding hydrogens is 681 g/mol. The van der Waals surface area contributed by atoms with Crippen LogP contribution in [0.4, 0.5) is 0 Å². The van der Waals surface area contributed by atoms with Crippen LogP contribution in [0.2, 0.25) is 0 Å². The highest BCUT2D eigenvalue weighted by molar-refractivity contribution is 5.97. The summed E-state index contributed by atoms with van der Waals surface area (Å²) in [6, 6.07) is 68.0. The second-order valence-electron chi connectivity index (χ2n) is 14.0. The lowest BCUT2D eigenvalue weighted by Crippen LogP contribution is -2.00. The maximum Gasteiger partial charge on any atom is 0.164 e. The number of hydrogen-bond acceptors (Lipinski definition) is 4. The quantitative estimate of drug-likeness (QED) is 0.157. The molecule has 0 aliphatic carbocycles. The van der Waals surface area contributed by atoms with Crippen molar-refractivity contribution in [3.05, 3.63) is 206 Å². The topological polar surface area (TPSA) is 51.6 Å². The molecule has 0 atom stereocenters. The zero-order chi connectivity index (χ0) is 37.8. The van der Waals surface area contributed by atoms with Crippen molar-refractivity contribution in [2.75, 3.05) is 0 Å². The molecular formula is C52H38N4. The predicted molar refractivity (Wildman–Crippen MR) is 231 cm³/mol. The van der Waals surface area contributed by atoms with Crippen molar-refractivity contribution in [1.29, 1.82) is 0 Å². The van der Waals surface area contributed by atoms with Crippen LogP contribution in [-0.4, -0.2) is 19.9 Å². The van der Waals surface area contributed by atoms with E-state index in [1.165, 1.54) is 33.4 Å². The van der Waals surface area contributed by atoms with Crippen LogP contribution in [0.3, 0.4) is 0 Å². The molecule has 4 heteroatoms. The fraction of sp³-hybridized carbons (Fsp3) is 0.0385. The summed E-state index contributed by atoms with van der Waals surface area (Å²) in [5.41, 5.74) is 16.3. The van der Waals surface area contributed by atoms with E-state index >= 15 is 0 Å². The maximum absolute atomic E-state index is 5.09. The highest BCUT2D eigenvalue weighted by Gasteiger charge is 2.18. The fourth-order valence-corrected chi connectivity index (χ4v) is 7.40. The van der Waals surface area contributed by atoms with E-state index in [0.717, 1.165) is 50.3 Å². The molecule has 0 spiro atoms. The number of hydrogen-bond donors (Lipinski definition) is 0. The minimum atomic E-state index is 0.619. The highest BCUT2D eigenvalue weighted by Crippen LogP contribution is 2.43. The lowest BCUT2D eigenvalue weighted by Gasteiger charge is -2.19. The monoisotopic (exact) mass is 718 g/mol. The molecule has 7 aromatic carbocycles. The van der Waals surface area contributed by atoms with E-state index in [1.54, 1.807) is 0 Å². The molecule has 0 saturated carbocycles. The van der Waals surface area contributed by atoms with E-state index in [2.05, 4.69) is 171 Å². The minimum absolute atomic E-state index is 0.619. The van der Waals surface area contributed by atoms with Gasteiger partial charge in [-0.25, -0.2) is 15.0 Å². The number of nitrogens with zero attached hydrogens (tertiary/aromatic N) is 4.